The Kier molecular flexibility index (Phi) is 10.2. The van der Waals surface area contributed by atoms with Crippen molar-refractivity contribution in [3.63, 3.8) is 0 Å². The molecule has 4 aliphatic rings. The van der Waals surface area contributed by atoms with E-state index in [1.807, 2.05) is 11.3 Å². The Hall–Kier alpha value is -6.56. The van der Waals surface area contributed by atoms with Crippen molar-refractivity contribution in [3.05, 3.63) is 191 Å². The van der Waals surface area contributed by atoms with Gasteiger partial charge >= 0.3 is 0 Å². The molecule has 2 aliphatic carbocycles. The van der Waals surface area contributed by atoms with E-state index in [4.69, 9.17) is 0 Å². The van der Waals surface area contributed by atoms with E-state index in [1.165, 1.54) is 122 Å². The van der Waals surface area contributed by atoms with Gasteiger partial charge < -0.3 is 14.7 Å². The smallest absolute Gasteiger partial charge is 0.252 e. The Morgan fingerprint density at radius 3 is 1.70 bits per heavy atom. The summed E-state index contributed by atoms with van der Waals surface area (Å²) in [6.45, 7) is 31.4. The number of benzene rings is 8. The maximum absolute atomic E-state index is 2.72. The van der Waals surface area contributed by atoms with Crippen LogP contribution in [0.25, 0.3) is 20.2 Å². The van der Waals surface area contributed by atoms with Crippen LogP contribution in [0.1, 0.15) is 134 Å². The average Bonchev–Trinajstić information content (AvgIpc) is 3.84. The molecule has 0 atom stereocenters. The number of fused-ring (bicyclic) bond motifs is 9. The number of aryl methyl sites for hydroxylation is 2. The first-order chi connectivity index (χ1) is 35.1. The quantitative estimate of drug-likeness (QED) is 0.159. The Bertz CT molecular complexity index is 3750. The molecule has 0 spiro atoms. The van der Waals surface area contributed by atoms with Gasteiger partial charge in [-0.25, -0.2) is 0 Å². The Morgan fingerprint density at radius 2 is 1.05 bits per heavy atom. The van der Waals surface area contributed by atoms with Crippen LogP contribution < -0.4 is 31.1 Å². The van der Waals surface area contributed by atoms with E-state index < -0.39 is 0 Å². The summed E-state index contributed by atoms with van der Waals surface area (Å²) in [6, 6.07) is 59.1. The fourth-order valence-corrected chi connectivity index (χ4v) is 15.3. The van der Waals surface area contributed by atoms with Gasteiger partial charge in [-0.3, -0.25) is 0 Å². The second-order valence-electron chi connectivity index (χ2n) is 26.2. The molecule has 0 radical (unpaired) electrons. The topological polar surface area (TPSA) is 9.72 Å². The van der Waals surface area contributed by atoms with Crippen molar-refractivity contribution in [1.29, 1.82) is 0 Å². The standard InChI is InChI=1S/C69H70BN3S/c1-42-32-60-64-61(33-42)73(57-39-53-51(34-43(57)2)66(6,7)30-31-67(53,8)9)59-40-54-52(68(10,11)41-69(54,12)13)38-56(59)70(64)55-28-25-48(71(45-20-16-14-17-21-45)46-22-18-15-19-23-46)37-58(55)72(60)47-26-29-62-50(36-47)49-27-24-44(65(3,4)5)35-63(49)74-62/h14-29,32-40H,30-31,41H2,1-13H3. The molecule has 8 aromatic carbocycles. The molecule has 0 N–H and O–H groups in total. The van der Waals surface area contributed by atoms with Crippen molar-refractivity contribution < 1.29 is 0 Å². The third-order valence-electron chi connectivity index (χ3n) is 18.0. The first-order valence-electron chi connectivity index (χ1n) is 27.2. The predicted molar refractivity (Wildman–Crippen MR) is 322 cm³/mol. The van der Waals surface area contributed by atoms with Crippen LogP contribution in [0, 0.1) is 13.8 Å². The van der Waals surface area contributed by atoms with Crippen molar-refractivity contribution >= 4 is 106 Å². The van der Waals surface area contributed by atoms with E-state index in [0.717, 1.165) is 23.5 Å². The summed E-state index contributed by atoms with van der Waals surface area (Å²) in [5, 5.41) is 2.63. The fraction of sp³-hybridized carbons (Fsp3) is 0.304. The number of anilines is 9. The zero-order valence-electron chi connectivity index (χ0n) is 45.9. The number of rotatable bonds is 5. The lowest BCUT2D eigenvalue weighted by Gasteiger charge is -2.46. The fourth-order valence-electron chi connectivity index (χ4n) is 14.2. The van der Waals surface area contributed by atoms with Gasteiger partial charge in [0.2, 0.25) is 0 Å². The lowest BCUT2D eigenvalue weighted by atomic mass is 9.33. The summed E-state index contributed by atoms with van der Waals surface area (Å²) in [4.78, 5) is 7.78. The summed E-state index contributed by atoms with van der Waals surface area (Å²) in [5.41, 5.74) is 25.3. The van der Waals surface area contributed by atoms with Gasteiger partial charge in [-0.2, -0.15) is 0 Å². The van der Waals surface area contributed by atoms with Crippen LogP contribution in [-0.4, -0.2) is 6.71 Å². The van der Waals surface area contributed by atoms with E-state index in [9.17, 15) is 0 Å². The molecule has 5 heteroatoms. The highest BCUT2D eigenvalue weighted by molar-refractivity contribution is 7.25. The third kappa shape index (κ3) is 7.12. The van der Waals surface area contributed by atoms with Crippen molar-refractivity contribution in [3.8, 4) is 0 Å². The van der Waals surface area contributed by atoms with Gasteiger partial charge in [0.25, 0.3) is 6.71 Å². The zero-order valence-corrected chi connectivity index (χ0v) is 46.7. The molecule has 0 saturated carbocycles. The molecule has 74 heavy (non-hydrogen) atoms. The van der Waals surface area contributed by atoms with Gasteiger partial charge in [-0.1, -0.05) is 143 Å². The second kappa shape index (κ2) is 16.0. The highest BCUT2D eigenvalue weighted by Crippen LogP contribution is 2.55. The molecule has 0 bridgehead atoms. The number of para-hydroxylation sites is 2. The lowest BCUT2D eigenvalue weighted by Crippen LogP contribution is -2.61. The van der Waals surface area contributed by atoms with E-state index in [0.29, 0.717) is 0 Å². The lowest BCUT2D eigenvalue weighted by molar-refractivity contribution is 0.332. The molecule has 3 nitrogen and oxygen atoms in total. The molecule has 370 valence electrons. The number of nitrogens with zero attached hydrogens (tertiary/aromatic N) is 3. The van der Waals surface area contributed by atoms with Crippen molar-refractivity contribution in [2.24, 2.45) is 0 Å². The minimum absolute atomic E-state index is 0.00583. The van der Waals surface area contributed by atoms with Gasteiger partial charge in [-0.05, 0) is 200 Å². The average molecular weight is 984 g/mol. The molecule has 0 saturated heterocycles. The maximum atomic E-state index is 2.72. The summed E-state index contributed by atoms with van der Waals surface area (Å²) in [5.74, 6) is 0. The van der Waals surface area contributed by atoms with E-state index in [1.54, 1.807) is 0 Å². The molecule has 0 unspecified atom stereocenters. The Balaban J connectivity index is 1.12. The van der Waals surface area contributed by atoms with Gasteiger partial charge in [-0.15, -0.1) is 11.3 Å². The summed E-state index contributed by atoms with van der Waals surface area (Å²) in [7, 11) is 0. The molecular formula is C69H70BN3S. The molecule has 13 rings (SSSR count). The predicted octanol–water partition coefficient (Wildman–Crippen LogP) is 17.8. The summed E-state index contributed by atoms with van der Waals surface area (Å²) >= 11 is 1.92. The van der Waals surface area contributed by atoms with E-state index in [-0.39, 0.29) is 33.8 Å². The Labute approximate surface area is 445 Å². The summed E-state index contributed by atoms with van der Waals surface area (Å²) < 4.78 is 2.66. The molecule has 0 fully saturated rings. The van der Waals surface area contributed by atoms with E-state index >= 15 is 0 Å². The van der Waals surface area contributed by atoms with Crippen LogP contribution in [0.5, 0.6) is 0 Å². The van der Waals surface area contributed by atoms with E-state index in [2.05, 4.69) is 256 Å². The highest BCUT2D eigenvalue weighted by atomic mass is 32.1. The van der Waals surface area contributed by atoms with Gasteiger partial charge in [0.05, 0.1) is 0 Å². The molecular weight excluding hydrogens is 914 g/mol. The summed E-state index contributed by atoms with van der Waals surface area (Å²) in [6.07, 6.45) is 3.48. The molecule has 0 amide bonds. The second-order valence-corrected chi connectivity index (χ2v) is 27.3. The van der Waals surface area contributed by atoms with Crippen molar-refractivity contribution in [2.75, 3.05) is 14.7 Å². The zero-order chi connectivity index (χ0) is 51.6. The first-order valence-corrected chi connectivity index (χ1v) is 28.0. The monoisotopic (exact) mass is 984 g/mol. The van der Waals surface area contributed by atoms with Gasteiger partial charge in [0, 0.05) is 71.4 Å². The van der Waals surface area contributed by atoms with Crippen molar-refractivity contribution in [1.82, 2.24) is 0 Å². The van der Waals surface area contributed by atoms with Crippen LogP contribution in [0.4, 0.5) is 51.2 Å². The number of hydrogen-bond donors (Lipinski definition) is 0. The number of hydrogen-bond acceptors (Lipinski definition) is 4. The largest absolute Gasteiger partial charge is 0.311 e. The SMILES string of the molecule is Cc1cc2c3c(c1)N(c1cc4c(cc1C)C(C)(C)CCC4(C)C)c1cc4c(cc1B3c1ccc(N(c3ccccc3)c3ccccc3)cc1N2c1ccc2sc3cc(C(C)(C)C)ccc3c2c1)C(C)(C)CC4(C)C. The minimum atomic E-state index is -0.00583. The molecule has 9 aromatic rings. The first kappa shape index (κ1) is 47.2. The molecule has 1 aromatic heterocycles. The van der Waals surface area contributed by atoms with Gasteiger partial charge in [0.15, 0.2) is 0 Å². The number of thiophene rings is 1. The van der Waals surface area contributed by atoms with Gasteiger partial charge in [0.1, 0.15) is 0 Å². The molecule has 3 heterocycles. The third-order valence-corrected chi connectivity index (χ3v) is 19.1. The van der Waals surface area contributed by atoms with Crippen LogP contribution in [-0.2, 0) is 27.1 Å². The highest BCUT2D eigenvalue weighted by Gasteiger charge is 2.49. The normalized spacial score (nSPS) is 17.4. The van der Waals surface area contributed by atoms with Crippen LogP contribution in [0.2, 0.25) is 0 Å². The van der Waals surface area contributed by atoms with Crippen LogP contribution >= 0.6 is 11.3 Å². The maximum Gasteiger partial charge on any atom is 0.252 e. The minimum Gasteiger partial charge on any atom is -0.311 e. The van der Waals surface area contributed by atoms with Crippen molar-refractivity contribution in [2.45, 2.75) is 136 Å². The van der Waals surface area contributed by atoms with Crippen LogP contribution in [0.15, 0.2) is 152 Å². The van der Waals surface area contributed by atoms with Crippen LogP contribution in [0.3, 0.4) is 0 Å². The molecule has 2 aliphatic heterocycles. The Morgan fingerprint density at radius 1 is 0.473 bits per heavy atom.